The molecule has 3 aliphatic rings. The van der Waals surface area contributed by atoms with E-state index >= 15 is 0 Å². The monoisotopic (exact) mass is 848 g/mol. The van der Waals surface area contributed by atoms with Crippen molar-refractivity contribution in [3.8, 4) is 46.0 Å². The molecule has 7 rings (SSSR count). The van der Waals surface area contributed by atoms with E-state index in [0.717, 1.165) is 51.4 Å². The molecule has 0 aromatic heterocycles. The lowest BCUT2D eigenvalue weighted by Gasteiger charge is -2.25. The van der Waals surface area contributed by atoms with E-state index in [2.05, 4.69) is 0 Å². The van der Waals surface area contributed by atoms with Crippen molar-refractivity contribution in [1.29, 1.82) is 0 Å². The van der Waals surface area contributed by atoms with Crippen LogP contribution in [0.25, 0.3) is 0 Å². The molecule has 4 N–H and O–H groups in total. The standard InChI is InChI=1S/C48H56N4O10/c53-45-33-9-5-17-41(45)59-25-21-57-23-27-61-43-19-7-11-35(47(43)55)31-51-39-15-3-4-16-40(39)52-32-36-12-8-20-44(48(36)56)62-28-24-58-22-26-60-42-18-6-10-34(46(42)54)30-50-38-14-2-1-13-37(38)49-29-33/h5-12,17-20,29-32,37-40,53-56H,1-4,13-16,21-28H2/t37-,38-,39-,40-/m1/s1. The number of aromatic hydroxyl groups is 4. The molecule has 0 spiro atoms. The molecule has 2 aliphatic carbocycles. The summed E-state index contributed by atoms with van der Waals surface area (Å²) in [5.41, 5.74) is 2.14. The third-order valence-electron chi connectivity index (χ3n) is 11.1. The number of benzene rings is 4. The SMILES string of the molecule is Oc1c2cccc1OCCOCCOc1cccc(c1O)C=N[C@@H]1CCCC[C@H]1N=Cc1cccc(c1O)OCCOCCOc1cccc(c1O)C=N[C@@H]1CCCC[C@H]1N=C2. The van der Waals surface area contributed by atoms with Gasteiger partial charge in [-0.3, -0.25) is 20.0 Å². The number of phenols is 4. The van der Waals surface area contributed by atoms with Crippen LogP contribution in [-0.4, -0.2) is 122 Å². The van der Waals surface area contributed by atoms with Gasteiger partial charge in [0.05, 0.1) is 50.6 Å². The number of para-hydroxylation sites is 4. The highest BCUT2D eigenvalue weighted by Crippen LogP contribution is 2.34. The molecule has 4 atom stereocenters. The van der Waals surface area contributed by atoms with E-state index in [1.165, 1.54) is 0 Å². The molecule has 4 aromatic rings. The van der Waals surface area contributed by atoms with Crippen LogP contribution < -0.4 is 18.9 Å². The molecular formula is C48H56N4O10. The van der Waals surface area contributed by atoms with E-state index in [-0.39, 0.29) is 100 Å². The Morgan fingerprint density at radius 3 is 0.823 bits per heavy atom. The fourth-order valence-electron chi connectivity index (χ4n) is 7.67. The first-order valence-electron chi connectivity index (χ1n) is 21.5. The van der Waals surface area contributed by atoms with E-state index in [9.17, 15) is 20.4 Å². The Morgan fingerprint density at radius 2 is 0.581 bits per heavy atom. The first kappa shape index (κ1) is 44.0. The fraction of sp³-hybridized carbons (Fsp3) is 0.417. The molecule has 1 aliphatic heterocycles. The minimum atomic E-state index is -0.100. The molecule has 14 heteroatoms. The van der Waals surface area contributed by atoms with Gasteiger partial charge in [-0.2, -0.15) is 0 Å². The lowest BCUT2D eigenvalue weighted by atomic mass is 9.91. The first-order chi connectivity index (χ1) is 30.4. The van der Waals surface area contributed by atoms with Gasteiger partial charge in [-0.1, -0.05) is 49.9 Å². The maximum Gasteiger partial charge on any atom is 0.166 e. The maximum atomic E-state index is 11.0. The predicted octanol–water partition coefficient (Wildman–Crippen LogP) is 7.47. The number of hydrogen-bond donors (Lipinski definition) is 4. The van der Waals surface area contributed by atoms with E-state index in [4.69, 9.17) is 48.4 Å². The minimum absolute atomic E-state index is 0.00830. The highest BCUT2D eigenvalue weighted by Gasteiger charge is 2.25. The van der Waals surface area contributed by atoms with Gasteiger partial charge in [-0.25, -0.2) is 0 Å². The van der Waals surface area contributed by atoms with Crippen molar-refractivity contribution in [3.63, 3.8) is 0 Å². The quantitative estimate of drug-likeness (QED) is 0.138. The molecule has 0 amide bonds. The summed E-state index contributed by atoms with van der Waals surface area (Å²) in [6.45, 7) is 1.82. The van der Waals surface area contributed by atoms with Crippen molar-refractivity contribution < 1.29 is 48.8 Å². The maximum absolute atomic E-state index is 11.0. The Kier molecular flexibility index (Phi) is 16.1. The molecular weight excluding hydrogens is 793 g/mol. The van der Waals surface area contributed by atoms with Gasteiger partial charge in [0, 0.05) is 47.1 Å². The van der Waals surface area contributed by atoms with Gasteiger partial charge in [0.2, 0.25) is 0 Å². The van der Waals surface area contributed by atoms with Gasteiger partial charge in [-0.05, 0) is 74.2 Å². The summed E-state index contributed by atoms with van der Waals surface area (Å²) in [4.78, 5) is 19.4. The summed E-state index contributed by atoms with van der Waals surface area (Å²) < 4.78 is 34.8. The van der Waals surface area contributed by atoms with Gasteiger partial charge in [0.25, 0.3) is 0 Å². The van der Waals surface area contributed by atoms with Crippen LogP contribution in [0.3, 0.4) is 0 Å². The molecule has 1 heterocycles. The lowest BCUT2D eigenvalue weighted by Crippen LogP contribution is -2.27. The van der Waals surface area contributed by atoms with Crippen LogP contribution in [0.1, 0.15) is 73.6 Å². The average Bonchev–Trinajstić information content (AvgIpc) is 3.29. The van der Waals surface area contributed by atoms with Gasteiger partial charge < -0.3 is 48.8 Å². The number of fused-ring (bicyclic) bond motifs is 10. The summed E-state index contributed by atoms with van der Waals surface area (Å²) in [6.07, 6.45) is 14.1. The molecule has 2 fully saturated rings. The summed E-state index contributed by atoms with van der Waals surface area (Å²) in [5.74, 6) is 1.26. The zero-order chi connectivity index (χ0) is 42.9. The fourth-order valence-corrected chi connectivity index (χ4v) is 7.67. The summed E-state index contributed by atoms with van der Waals surface area (Å²) in [7, 11) is 0. The molecule has 14 nitrogen and oxygen atoms in total. The van der Waals surface area contributed by atoms with E-state index in [1.54, 1.807) is 97.7 Å². The van der Waals surface area contributed by atoms with Crippen LogP contribution >= 0.6 is 0 Å². The largest absolute Gasteiger partial charge is 0.504 e. The van der Waals surface area contributed by atoms with Crippen molar-refractivity contribution in [1.82, 2.24) is 0 Å². The van der Waals surface area contributed by atoms with Gasteiger partial charge >= 0.3 is 0 Å². The second kappa shape index (κ2) is 22.6. The number of ether oxygens (including phenoxy) is 6. The zero-order valence-electron chi connectivity index (χ0n) is 34.9. The Bertz CT molecular complexity index is 1890. The van der Waals surface area contributed by atoms with E-state index in [1.807, 2.05) is 0 Å². The number of hydrogen-bond acceptors (Lipinski definition) is 14. The van der Waals surface area contributed by atoms with E-state index in [0.29, 0.717) is 45.3 Å². The Balaban J connectivity index is 1.04. The highest BCUT2D eigenvalue weighted by atomic mass is 16.6. The average molecular weight is 849 g/mol. The third kappa shape index (κ3) is 12.0. The van der Waals surface area contributed by atoms with Gasteiger partial charge in [0.1, 0.15) is 26.4 Å². The van der Waals surface area contributed by atoms with Crippen LogP contribution in [0.4, 0.5) is 0 Å². The minimum Gasteiger partial charge on any atom is -0.504 e. The molecule has 8 bridgehead atoms. The predicted molar refractivity (Wildman–Crippen MR) is 239 cm³/mol. The number of aliphatic imine (C=N–C) groups is 4. The molecule has 62 heavy (non-hydrogen) atoms. The lowest BCUT2D eigenvalue weighted by molar-refractivity contribution is 0.0751. The van der Waals surface area contributed by atoms with Crippen molar-refractivity contribution >= 4 is 24.9 Å². The Morgan fingerprint density at radius 1 is 0.339 bits per heavy atom. The molecule has 0 unspecified atom stereocenters. The Hall–Kier alpha value is -6.12. The molecule has 328 valence electrons. The summed E-state index contributed by atoms with van der Waals surface area (Å²) in [5, 5.41) is 44.0. The molecule has 0 saturated heterocycles. The van der Waals surface area contributed by atoms with Crippen LogP contribution in [0.15, 0.2) is 92.8 Å². The van der Waals surface area contributed by atoms with Gasteiger partial charge in [0.15, 0.2) is 46.0 Å². The second-order valence-electron chi connectivity index (χ2n) is 15.3. The zero-order valence-corrected chi connectivity index (χ0v) is 34.9. The summed E-state index contributed by atoms with van der Waals surface area (Å²) in [6, 6.07) is 20.7. The van der Waals surface area contributed by atoms with Crippen LogP contribution in [0, 0.1) is 0 Å². The molecule has 2 saturated carbocycles. The Labute approximate surface area is 362 Å². The number of phenolic OH excluding ortho intramolecular Hbond substituents is 4. The van der Waals surface area contributed by atoms with Gasteiger partial charge in [-0.15, -0.1) is 0 Å². The van der Waals surface area contributed by atoms with Crippen LogP contribution in [0.5, 0.6) is 46.0 Å². The second-order valence-corrected chi connectivity index (χ2v) is 15.3. The van der Waals surface area contributed by atoms with Crippen molar-refractivity contribution in [2.45, 2.75) is 75.5 Å². The normalized spacial score (nSPS) is 22.2. The highest BCUT2D eigenvalue weighted by molar-refractivity contribution is 5.87. The van der Waals surface area contributed by atoms with Crippen LogP contribution in [0.2, 0.25) is 0 Å². The topological polar surface area (TPSA) is 186 Å². The third-order valence-corrected chi connectivity index (χ3v) is 11.1. The van der Waals surface area contributed by atoms with Crippen LogP contribution in [-0.2, 0) is 9.47 Å². The van der Waals surface area contributed by atoms with Crippen molar-refractivity contribution in [2.75, 3.05) is 52.9 Å². The van der Waals surface area contributed by atoms with E-state index < -0.39 is 0 Å². The van der Waals surface area contributed by atoms with Crippen molar-refractivity contribution in [3.05, 3.63) is 95.1 Å². The van der Waals surface area contributed by atoms with Crippen molar-refractivity contribution in [2.24, 2.45) is 20.0 Å². The first-order valence-corrected chi connectivity index (χ1v) is 21.5. The summed E-state index contributed by atoms with van der Waals surface area (Å²) >= 11 is 0. The number of nitrogens with zero attached hydrogens (tertiary/aromatic N) is 4. The number of rotatable bonds is 0. The molecule has 4 aromatic carbocycles. The smallest absolute Gasteiger partial charge is 0.166 e. The molecule has 0 radical (unpaired) electrons.